The molecule has 2 rings (SSSR count). The quantitative estimate of drug-likeness (QED) is 0.854. The molecular formula is C14H21FN2O2S. The van der Waals surface area contributed by atoms with Crippen LogP contribution >= 0.6 is 0 Å². The minimum Gasteiger partial charge on any atom is -0.399 e. The Kier molecular flexibility index (Phi) is 4.34. The van der Waals surface area contributed by atoms with Gasteiger partial charge in [-0.25, -0.2) is 12.8 Å². The number of anilines is 1. The summed E-state index contributed by atoms with van der Waals surface area (Å²) in [6.45, 7) is 4.52. The molecule has 20 heavy (non-hydrogen) atoms. The summed E-state index contributed by atoms with van der Waals surface area (Å²) in [5.41, 5.74) is 6.18. The molecule has 0 radical (unpaired) electrons. The molecule has 112 valence electrons. The van der Waals surface area contributed by atoms with Crippen molar-refractivity contribution in [1.29, 1.82) is 0 Å². The summed E-state index contributed by atoms with van der Waals surface area (Å²) in [6.07, 6.45) is 2.62. The fourth-order valence-electron chi connectivity index (χ4n) is 2.57. The fraction of sp³-hybridized carbons (Fsp3) is 0.571. The summed E-state index contributed by atoms with van der Waals surface area (Å²) in [6, 6.07) is 2.66. The molecule has 0 saturated carbocycles. The van der Waals surface area contributed by atoms with E-state index in [4.69, 9.17) is 5.73 Å². The van der Waals surface area contributed by atoms with Crippen molar-refractivity contribution in [3.05, 3.63) is 23.5 Å². The molecule has 0 amide bonds. The number of halogens is 1. The van der Waals surface area contributed by atoms with Crippen LogP contribution in [0.1, 0.15) is 31.7 Å². The summed E-state index contributed by atoms with van der Waals surface area (Å²) < 4.78 is 40.7. The van der Waals surface area contributed by atoms with Crippen molar-refractivity contribution < 1.29 is 12.8 Å². The highest BCUT2D eigenvalue weighted by Gasteiger charge is 2.29. The van der Waals surface area contributed by atoms with E-state index in [0.717, 1.165) is 19.3 Å². The first-order valence-electron chi connectivity index (χ1n) is 6.88. The smallest absolute Gasteiger partial charge is 0.246 e. The topological polar surface area (TPSA) is 63.4 Å². The largest absolute Gasteiger partial charge is 0.399 e. The number of sulfonamides is 1. The van der Waals surface area contributed by atoms with E-state index in [0.29, 0.717) is 19.0 Å². The van der Waals surface area contributed by atoms with Crippen molar-refractivity contribution >= 4 is 15.7 Å². The van der Waals surface area contributed by atoms with Crippen LogP contribution < -0.4 is 5.73 Å². The lowest BCUT2D eigenvalue weighted by atomic mass is 10.0. The van der Waals surface area contributed by atoms with Crippen LogP contribution in [0.5, 0.6) is 0 Å². The van der Waals surface area contributed by atoms with Crippen LogP contribution in [0.4, 0.5) is 10.1 Å². The van der Waals surface area contributed by atoms with Gasteiger partial charge in [-0.05, 0) is 49.8 Å². The van der Waals surface area contributed by atoms with Gasteiger partial charge in [-0.15, -0.1) is 0 Å². The van der Waals surface area contributed by atoms with Crippen LogP contribution in [0, 0.1) is 18.7 Å². The van der Waals surface area contributed by atoms with Gasteiger partial charge in [-0.3, -0.25) is 0 Å². The van der Waals surface area contributed by atoms with Crippen molar-refractivity contribution in [2.24, 2.45) is 5.92 Å². The van der Waals surface area contributed by atoms with Gasteiger partial charge in [-0.2, -0.15) is 4.31 Å². The van der Waals surface area contributed by atoms with Crippen LogP contribution in [0.15, 0.2) is 17.0 Å². The number of nitrogen functional groups attached to an aromatic ring is 1. The van der Waals surface area contributed by atoms with Crippen molar-refractivity contribution in [2.75, 3.05) is 18.8 Å². The molecule has 1 aliphatic heterocycles. The van der Waals surface area contributed by atoms with E-state index in [1.807, 2.05) is 0 Å². The zero-order valence-electron chi connectivity index (χ0n) is 11.9. The summed E-state index contributed by atoms with van der Waals surface area (Å²) >= 11 is 0. The Hall–Kier alpha value is -1.14. The number of aryl methyl sites for hydroxylation is 1. The van der Waals surface area contributed by atoms with Gasteiger partial charge in [-0.1, -0.05) is 6.92 Å². The Bertz CT molecular complexity index is 601. The Balaban J connectivity index is 2.40. The van der Waals surface area contributed by atoms with E-state index < -0.39 is 15.8 Å². The molecule has 1 aliphatic rings. The Labute approximate surface area is 119 Å². The fourth-order valence-corrected chi connectivity index (χ4v) is 4.23. The second kappa shape index (κ2) is 5.69. The summed E-state index contributed by atoms with van der Waals surface area (Å²) in [5, 5.41) is 0. The molecule has 2 N–H and O–H groups in total. The van der Waals surface area contributed by atoms with E-state index in [9.17, 15) is 12.8 Å². The van der Waals surface area contributed by atoms with E-state index >= 15 is 0 Å². The maximum absolute atomic E-state index is 14.1. The first-order valence-corrected chi connectivity index (χ1v) is 8.32. The van der Waals surface area contributed by atoms with Crippen LogP contribution in [0.2, 0.25) is 0 Å². The molecule has 6 heteroatoms. The number of rotatable bonds is 2. The standard InChI is InChI=1S/C14H21FN2O2S/c1-10-4-3-6-17(7-5-10)20(18,19)13-9-12(16)8-11(2)14(13)15/h8-10H,3-7,16H2,1-2H3. The van der Waals surface area contributed by atoms with Crippen LogP contribution in [-0.2, 0) is 10.0 Å². The molecule has 0 aliphatic carbocycles. The summed E-state index contributed by atoms with van der Waals surface area (Å²) in [7, 11) is -3.81. The Morgan fingerprint density at radius 2 is 2.00 bits per heavy atom. The van der Waals surface area contributed by atoms with E-state index in [1.54, 1.807) is 0 Å². The third-order valence-corrected chi connectivity index (χ3v) is 5.73. The van der Waals surface area contributed by atoms with Crippen molar-refractivity contribution in [3.63, 3.8) is 0 Å². The van der Waals surface area contributed by atoms with Gasteiger partial charge in [0.1, 0.15) is 10.7 Å². The lowest BCUT2D eigenvalue weighted by molar-refractivity contribution is 0.413. The predicted octanol–water partition coefficient (Wildman–Crippen LogP) is 2.53. The van der Waals surface area contributed by atoms with Gasteiger partial charge in [0.2, 0.25) is 10.0 Å². The molecular weight excluding hydrogens is 279 g/mol. The highest BCUT2D eigenvalue weighted by molar-refractivity contribution is 7.89. The Morgan fingerprint density at radius 1 is 1.30 bits per heavy atom. The number of nitrogens with two attached hydrogens (primary N) is 1. The molecule has 0 bridgehead atoms. The minimum atomic E-state index is -3.81. The zero-order chi connectivity index (χ0) is 14.9. The lowest BCUT2D eigenvalue weighted by Crippen LogP contribution is -2.32. The normalized spacial score (nSPS) is 21.6. The highest BCUT2D eigenvalue weighted by atomic mass is 32.2. The summed E-state index contributed by atoms with van der Waals surface area (Å²) in [4.78, 5) is -0.301. The van der Waals surface area contributed by atoms with Gasteiger partial charge < -0.3 is 5.73 Å². The number of hydrogen-bond acceptors (Lipinski definition) is 3. The van der Waals surface area contributed by atoms with Gasteiger partial charge in [0.15, 0.2) is 0 Å². The molecule has 1 aromatic rings. The molecule has 1 atom stereocenters. The molecule has 1 saturated heterocycles. The van der Waals surface area contributed by atoms with E-state index in [-0.39, 0.29) is 16.1 Å². The molecule has 4 nitrogen and oxygen atoms in total. The molecule has 0 spiro atoms. The van der Waals surface area contributed by atoms with Crippen LogP contribution in [0.25, 0.3) is 0 Å². The maximum atomic E-state index is 14.1. The second-order valence-corrected chi connectivity index (χ2v) is 7.50. The van der Waals surface area contributed by atoms with E-state index in [2.05, 4.69) is 6.92 Å². The number of nitrogens with zero attached hydrogens (tertiary/aromatic N) is 1. The molecule has 1 aromatic carbocycles. The first kappa shape index (κ1) is 15.3. The average Bonchev–Trinajstić information content (AvgIpc) is 2.58. The van der Waals surface area contributed by atoms with Gasteiger partial charge >= 0.3 is 0 Å². The molecule has 1 heterocycles. The van der Waals surface area contributed by atoms with Crippen LogP contribution in [-0.4, -0.2) is 25.8 Å². The predicted molar refractivity (Wildman–Crippen MR) is 77.3 cm³/mol. The maximum Gasteiger partial charge on any atom is 0.246 e. The lowest BCUT2D eigenvalue weighted by Gasteiger charge is -2.21. The van der Waals surface area contributed by atoms with E-state index in [1.165, 1.54) is 23.4 Å². The Morgan fingerprint density at radius 3 is 2.70 bits per heavy atom. The minimum absolute atomic E-state index is 0.256. The third kappa shape index (κ3) is 2.96. The van der Waals surface area contributed by atoms with Crippen molar-refractivity contribution in [1.82, 2.24) is 4.31 Å². The highest BCUT2D eigenvalue weighted by Crippen LogP contribution is 2.27. The molecule has 1 unspecified atom stereocenters. The van der Waals surface area contributed by atoms with Gasteiger partial charge in [0.05, 0.1) is 0 Å². The van der Waals surface area contributed by atoms with Crippen molar-refractivity contribution in [3.8, 4) is 0 Å². The SMILES string of the molecule is Cc1cc(N)cc(S(=O)(=O)N2CCCC(C)CC2)c1F. The van der Waals surface area contributed by atoms with Gasteiger partial charge in [0.25, 0.3) is 0 Å². The van der Waals surface area contributed by atoms with Gasteiger partial charge in [0, 0.05) is 18.8 Å². The first-order chi connectivity index (χ1) is 9.32. The molecule has 0 aromatic heterocycles. The zero-order valence-corrected chi connectivity index (χ0v) is 12.7. The average molecular weight is 300 g/mol. The van der Waals surface area contributed by atoms with Crippen LogP contribution in [0.3, 0.4) is 0 Å². The van der Waals surface area contributed by atoms with Crippen molar-refractivity contribution in [2.45, 2.75) is 38.0 Å². The second-order valence-electron chi connectivity index (χ2n) is 5.59. The monoisotopic (exact) mass is 300 g/mol. The summed E-state index contributed by atoms with van der Waals surface area (Å²) in [5.74, 6) is -0.195. The number of hydrogen-bond donors (Lipinski definition) is 1. The number of benzene rings is 1. The molecule has 1 fully saturated rings. The third-order valence-electron chi connectivity index (χ3n) is 3.84.